The average molecular weight is 394 g/mol. The molecule has 1 N–H and O–H groups in total. The summed E-state index contributed by atoms with van der Waals surface area (Å²) in [4.78, 5) is 16.8. The van der Waals surface area contributed by atoms with E-state index in [2.05, 4.69) is 49.6 Å². The van der Waals surface area contributed by atoms with Crippen molar-refractivity contribution in [1.82, 2.24) is 10.2 Å². The van der Waals surface area contributed by atoms with Crippen LogP contribution in [-0.4, -0.2) is 42.3 Å². The normalized spacial score (nSPS) is 14.0. The zero-order valence-electron chi connectivity index (χ0n) is 15.3. The Bertz CT molecular complexity index is 941. The molecule has 2 aromatic carbocycles. The highest BCUT2D eigenvalue weighted by Gasteiger charge is 2.18. The molecule has 4 rings (SSSR count). The molecule has 1 aliphatic rings. The molecule has 142 valence electrons. The Kier molecular flexibility index (Phi) is 5.39. The number of halogens is 1. The molecular weight excluding hydrogens is 374 g/mol. The van der Waals surface area contributed by atoms with E-state index in [9.17, 15) is 4.79 Å². The number of amides is 1. The van der Waals surface area contributed by atoms with Gasteiger partial charge in [-0.2, -0.15) is 0 Å². The minimum atomic E-state index is -0.263. The fraction of sp³-hybridized carbons (Fsp3) is 0.190. The molecule has 1 aliphatic heterocycles. The highest BCUT2D eigenvalue weighted by molar-refractivity contribution is 6.31. The maximum absolute atomic E-state index is 12.3. The van der Waals surface area contributed by atoms with Crippen LogP contribution < -0.4 is 15.1 Å². The largest absolute Gasteiger partial charge is 0.368 e. The monoisotopic (exact) mass is 393 g/mol. The van der Waals surface area contributed by atoms with Crippen molar-refractivity contribution in [2.24, 2.45) is 0 Å². The maximum atomic E-state index is 12.3. The third kappa shape index (κ3) is 4.23. The Balaban J connectivity index is 1.35. The first-order chi connectivity index (χ1) is 13.7. The molecule has 1 amide bonds. The van der Waals surface area contributed by atoms with E-state index in [4.69, 9.17) is 11.6 Å². The van der Waals surface area contributed by atoms with E-state index >= 15 is 0 Å². The first kappa shape index (κ1) is 18.3. The lowest BCUT2D eigenvalue weighted by atomic mass is 10.2. The number of carbonyl (C=O) groups is 1. The number of para-hydroxylation sites is 1. The molecule has 0 saturated carbocycles. The number of benzene rings is 2. The molecule has 0 unspecified atom stereocenters. The number of piperazine rings is 1. The van der Waals surface area contributed by atoms with Gasteiger partial charge in [-0.15, -0.1) is 10.2 Å². The summed E-state index contributed by atoms with van der Waals surface area (Å²) < 4.78 is 0. The van der Waals surface area contributed by atoms with Crippen LogP contribution in [0.1, 0.15) is 10.4 Å². The van der Waals surface area contributed by atoms with Crippen molar-refractivity contribution in [2.45, 2.75) is 0 Å². The zero-order chi connectivity index (χ0) is 19.3. The number of carbonyl (C=O) groups excluding carboxylic acids is 1. The summed E-state index contributed by atoms with van der Waals surface area (Å²) in [5, 5.41) is 11.7. The van der Waals surface area contributed by atoms with Gasteiger partial charge in [-0.1, -0.05) is 35.9 Å². The van der Waals surface area contributed by atoms with Crippen LogP contribution in [0.4, 0.5) is 17.3 Å². The Morgan fingerprint density at radius 3 is 2.29 bits per heavy atom. The van der Waals surface area contributed by atoms with Gasteiger partial charge < -0.3 is 15.1 Å². The molecule has 7 heteroatoms. The molecule has 6 nitrogen and oxygen atoms in total. The molecule has 0 atom stereocenters. The van der Waals surface area contributed by atoms with Gasteiger partial charge in [0.05, 0.1) is 0 Å². The smallest absolute Gasteiger partial charge is 0.256 e. The molecule has 1 saturated heterocycles. The second kappa shape index (κ2) is 8.27. The lowest BCUT2D eigenvalue weighted by molar-refractivity contribution is 0.102. The Labute approximate surface area is 168 Å². The Hall–Kier alpha value is -3.12. The first-order valence-corrected chi connectivity index (χ1v) is 9.52. The molecule has 0 bridgehead atoms. The van der Waals surface area contributed by atoms with Gasteiger partial charge >= 0.3 is 0 Å². The molecule has 2 heterocycles. The molecule has 0 radical (unpaired) electrons. The highest BCUT2D eigenvalue weighted by Crippen LogP contribution is 2.19. The van der Waals surface area contributed by atoms with Crippen molar-refractivity contribution >= 4 is 34.8 Å². The van der Waals surface area contributed by atoms with Gasteiger partial charge in [0, 0.05) is 42.5 Å². The molecule has 3 aromatic rings. The maximum Gasteiger partial charge on any atom is 0.256 e. The van der Waals surface area contributed by atoms with Gasteiger partial charge in [-0.3, -0.25) is 4.79 Å². The van der Waals surface area contributed by atoms with Crippen LogP contribution in [0.5, 0.6) is 0 Å². The van der Waals surface area contributed by atoms with Crippen molar-refractivity contribution in [3.63, 3.8) is 0 Å². The summed E-state index contributed by atoms with van der Waals surface area (Å²) in [6, 6.07) is 20.9. The number of anilines is 3. The van der Waals surface area contributed by atoms with Crippen molar-refractivity contribution in [1.29, 1.82) is 0 Å². The summed E-state index contributed by atoms with van der Waals surface area (Å²) in [5.41, 5.74) is 1.72. The van der Waals surface area contributed by atoms with Gasteiger partial charge in [-0.05, 0) is 42.5 Å². The van der Waals surface area contributed by atoms with E-state index in [0.29, 0.717) is 16.4 Å². The standard InChI is InChI=1S/C21H20ClN5O/c22-17-6-4-5-16(15-17)21(28)23-19-9-10-20(25-24-19)27-13-11-26(12-14-27)18-7-2-1-3-8-18/h1-10,15H,11-14H2,(H,23,24,28). The third-order valence-electron chi connectivity index (χ3n) is 4.70. The van der Waals surface area contributed by atoms with E-state index in [1.807, 2.05) is 12.1 Å². The van der Waals surface area contributed by atoms with E-state index in [1.165, 1.54) is 5.69 Å². The molecule has 28 heavy (non-hydrogen) atoms. The third-order valence-corrected chi connectivity index (χ3v) is 4.94. The molecule has 1 aromatic heterocycles. The minimum absolute atomic E-state index is 0.263. The number of aromatic nitrogens is 2. The van der Waals surface area contributed by atoms with Crippen molar-refractivity contribution in [3.05, 3.63) is 77.3 Å². The second-order valence-corrected chi connectivity index (χ2v) is 6.99. The summed E-state index contributed by atoms with van der Waals surface area (Å²) in [6.07, 6.45) is 0. The average Bonchev–Trinajstić information content (AvgIpc) is 2.75. The van der Waals surface area contributed by atoms with E-state index in [-0.39, 0.29) is 5.91 Å². The second-order valence-electron chi connectivity index (χ2n) is 6.55. The Morgan fingerprint density at radius 1 is 0.857 bits per heavy atom. The number of nitrogens with one attached hydrogen (secondary N) is 1. The van der Waals surface area contributed by atoms with Gasteiger partial charge in [-0.25, -0.2) is 0 Å². The molecular formula is C21H20ClN5O. The van der Waals surface area contributed by atoms with Crippen LogP contribution in [0.2, 0.25) is 5.02 Å². The lowest BCUT2D eigenvalue weighted by Gasteiger charge is -2.36. The van der Waals surface area contributed by atoms with E-state index in [0.717, 1.165) is 32.0 Å². The number of rotatable bonds is 4. The SMILES string of the molecule is O=C(Nc1ccc(N2CCN(c3ccccc3)CC2)nn1)c1cccc(Cl)c1. The summed E-state index contributed by atoms with van der Waals surface area (Å²) in [5.74, 6) is 0.964. The van der Waals surface area contributed by atoms with Crippen molar-refractivity contribution in [2.75, 3.05) is 41.3 Å². The Morgan fingerprint density at radius 2 is 1.61 bits per heavy atom. The lowest BCUT2D eigenvalue weighted by Crippen LogP contribution is -2.46. The van der Waals surface area contributed by atoms with Gasteiger partial charge in [0.1, 0.15) is 0 Å². The van der Waals surface area contributed by atoms with E-state index in [1.54, 1.807) is 30.3 Å². The summed E-state index contributed by atoms with van der Waals surface area (Å²) in [7, 11) is 0. The van der Waals surface area contributed by atoms with Gasteiger partial charge in [0.25, 0.3) is 5.91 Å². The molecule has 0 aliphatic carbocycles. The van der Waals surface area contributed by atoms with Crippen LogP contribution in [0.25, 0.3) is 0 Å². The van der Waals surface area contributed by atoms with Crippen molar-refractivity contribution in [3.8, 4) is 0 Å². The quantitative estimate of drug-likeness (QED) is 0.732. The van der Waals surface area contributed by atoms with E-state index < -0.39 is 0 Å². The topological polar surface area (TPSA) is 61.4 Å². The molecule has 0 spiro atoms. The first-order valence-electron chi connectivity index (χ1n) is 9.15. The van der Waals surface area contributed by atoms with Crippen LogP contribution in [0.3, 0.4) is 0 Å². The van der Waals surface area contributed by atoms with Gasteiger partial charge in [0.2, 0.25) is 0 Å². The van der Waals surface area contributed by atoms with Crippen LogP contribution in [0.15, 0.2) is 66.7 Å². The number of hydrogen-bond donors (Lipinski definition) is 1. The predicted octanol–water partition coefficient (Wildman–Crippen LogP) is 3.71. The summed E-state index contributed by atoms with van der Waals surface area (Å²) in [6.45, 7) is 3.60. The fourth-order valence-electron chi connectivity index (χ4n) is 3.21. The van der Waals surface area contributed by atoms with Crippen LogP contribution >= 0.6 is 11.6 Å². The fourth-order valence-corrected chi connectivity index (χ4v) is 3.40. The minimum Gasteiger partial charge on any atom is -0.368 e. The molecule has 1 fully saturated rings. The van der Waals surface area contributed by atoms with Crippen LogP contribution in [-0.2, 0) is 0 Å². The zero-order valence-corrected chi connectivity index (χ0v) is 16.0. The van der Waals surface area contributed by atoms with Crippen LogP contribution in [0, 0.1) is 0 Å². The van der Waals surface area contributed by atoms with Crippen molar-refractivity contribution < 1.29 is 4.79 Å². The van der Waals surface area contributed by atoms with Gasteiger partial charge in [0.15, 0.2) is 11.6 Å². The summed E-state index contributed by atoms with van der Waals surface area (Å²) >= 11 is 5.93. The highest BCUT2D eigenvalue weighted by atomic mass is 35.5. The predicted molar refractivity (Wildman–Crippen MR) is 112 cm³/mol. The number of nitrogens with zero attached hydrogens (tertiary/aromatic N) is 4. The number of hydrogen-bond acceptors (Lipinski definition) is 5.